The van der Waals surface area contributed by atoms with E-state index in [1.807, 2.05) is 29.7 Å². The van der Waals surface area contributed by atoms with Crippen LogP contribution >= 0.6 is 0 Å². The van der Waals surface area contributed by atoms with Crippen LogP contribution in [-0.4, -0.2) is 45.7 Å². The first-order chi connectivity index (χ1) is 11.8. The molecule has 2 fully saturated rings. The smallest absolute Gasteiger partial charge is 0.151 e. The Morgan fingerprint density at radius 3 is 3.00 bits per heavy atom. The Morgan fingerprint density at radius 2 is 2.25 bits per heavy atom. The molecule has 6 nitrogen and oxygen atoms in total. The number of benzene rings is 1. The predicted octanol–water partition coefficient (Wildman–Crippen LogP) is 2.08. The highest BCUT2D eigenvalue weighted by Gasteiger charge is 2.58. The molecule has 1 saturated carbocycles. The van der Waals surface area contributed by atoms with Crippen molar-refractivity contribution in [2.75, 3.05) is 13.2 Å². The van der Waals surface area contributed by atoms with Gasteiger partial charge in [0.2, 0.25) is 0 Å². The fourth-order valence-corrected chi connectivity index (χ4v) is 3.95. The van der Waals surface area contributed by atoms with E-state index in [4.69, 9.17) is 9.47 Å². The largest absolute Gasteiger partial charge is 0.375 e. The van der Waals surface area contributed by atoms with E-state index < -0.39 is 0 Å². The number of ether oxygens (including phenoxy) is 2. The molecule has 1 saturated heterocycles. The van der Waals surface area contributed by atoms with Gasteiger partial charge in [-0.15, -0.1) is 10.2 Å². The second-order valence-electron chi connectivity index (χ2n) is 6.47. The number of rotatable bonds is 6. The van der Waals surface area contributed by atoms with Crippen molar-refractivity contribution in [3.05, 3.63) is 42.5 Å². The highest BCUT2D eigenvalue weighted by molar-refractivity contribution is 5.32. The van der Waals surface area contributed by atoms with Crippen LogP contribution in [0.4, 0.5) is 0 Å². The van der Waals surface area contributed by atoms with E-state index in [2.05, 4.69) is 27.6 Å². The molecular weight excluding hydrogens is 304 g/mol. The predicted molar refractivity (Wildman–Crippen MR) is 89.9 cm³/mol. The quantitative estimate of drug-likeness (QED) is 0.880. The van der Waals surface area contributed by atoms with Gasteiger partial charge in [-0.25, -0.2) is 0 Å². The van der Waals surface area contributed by atoms with Gasteiger partial charge in [-0.1, -0.05) is 18.2 Å². The van der Waals surface area contributed by atoms with E-state index >= 15 is 0 Å². The Morgan fingerprint density at radius 1 is 1.38 bits per heavy atom. The highest BCUT2D eigenvalue weighted by Crippen LogP contribution is 2.45. The van der Waals surface area contributed by atoms with Crippen LogP contribution in [0.2, 0.25) is 0 Å². The summed E-state index contributed by atoms with van der Waals surface area (Å²) < 4.78 is 14.0. The van der Waals surface area contributed by atoms with Crippen molar-refractivity contribution < 1.29 is 9.47 Å². The first-order valence-corrected chi connectivity index (χ1v) is 8.77. The Labute approximate surface area is 142 Å². The summed E-state index contributed by atoms with van der Waals surface area (Å²) in [6.07, 6.45) is 5.16. The number of nitrogens with one attached hydrogen (secondary N) is 1. The maximum atomic E-state index is 6.11. The lowest BCUT2D eigenvalue weighted by atomic mass is 9.70. The zero-order valence-electron chi connectivity index (χ0n) is 14.0. The summed E-state index contributed by atoms with van der Waals surface area (Å²) in [5, 5.41) is 12.0. The van der Waals surface area contributed by atoms with E-state index in [1.165, 1.54) is 0 Å². The van der Waals surface area contributed by atoms with Gasteiger partial charge < -0.3 is 14.8 Å². The maximum Gasteiger partial charge on any atom is 0.151 e. The maximum absolute atomic E-state index is 6.11. The molecule has 6 heteroatoms. The SMILES string of the molecule is CCO[C@@H]1C[C@H](NCc2nncn2-c2ccccc2)[C@]12CCCO2. The molecule has 0 amide bonds. The van der Waals surface area contributed by atoms with Crippen LogP contribution in [0.3, 0.4) is 0 Å². The van der Waals surface area contributed by atoms with Crippen molar-refractivity contribution in [2.24, 2.45) is 0 Å². The minimum Gasteiger partial charge on any atom is -0.375 e. The van der Waals surface area contributed by atoms with Crippen molar-refractivity contribution in [3.8, 4) is 5.69 Å². The summed E-state index contributed by atoms with van der Waals surface area (Å²) >= 11 is 0. The zero-order valence-corrected chi connectivity index (χ0v) is 14.0. The Kier molecular flexibility index (Phi) is 4.35. The minimum absolute atomic E-state index is 0.145. The van der Waals surface area contributed by atoms with E-state index in [1.54, 1.807) is 6.33 Å². The lowest BCUT2D eigenvalue weighted by Gasteiger charge is -2.52. The van der Waals surface area contributed by atoms with Crippen LogP contribution in [0.25, 0.3) is 5.69 Å². The van der Waals surface area contributed by atoms with Crippen LogP contribution in [0, 0.1) is 0 Å². The van der Waals surface area contributed by atoms with Gasteiger partial charge in [0.15, 0.2) is 5.82 Å². The molecule has 0 unspecified atom stereocenters. The van der Waals surface area contributed by atoms with Gasteiger partial charge in [-0.2, -0.15) is 0 Å². The third-order valence-corrected chi connectivity index (χ3v) is 5.19. The Bertz CT molecular complexity index is 667. The van der Waals surface area contributed by atoms with Crippen LogP contribution in [-0.2, 0) is 16.0 Å². The molecule has 1 aromatic heterocycles. The minimum atomic E-state index is -0.145. The number of nitrogens with zero attached hydrogens (tertiary/aromatic N) is 3. The molecule has 0 bridgehead atoms. The molecule has 4 rings (SSSR count). The van der Waals surface area contributed by atoms with Gasteiger partial charge in [-0.3, -0.25) is 4.57 Å². The van der Waals surface area contributed by atoms with E-state index in [0.717, 1.165) is 44.0 Å². The first-order valence-electron chi connectivity index (χ1n) is 8.77. The van der Waals surface area contributed by atoms with Crippen molar-refractivity contribution in [1.29, 1.82) is 0 Å². The summed E-state index contributed by atoms with van der Waals surface area (Å²) in [6, 6.07) is 10.5. The molecule has 1 N–H and O–H groups in total. The molecule has 2 aromatic rings. The third-order valence-electron chi connectivity index (χ3n) is 5.19. The fraction of sp³-hybridized carbons (Fsp3) is 0.556. The average molecular weight is 328 g/mol. The fourth-order valence-electron chi connectivity index (χ4n) is 3.95. The molecule has 2 heterocycles. The summed E-state index contributed by atoms with van der Waals surface area (Å²) in [5.74, 6) is 0.911. The van der Waals surface area contributed by atoms with Crippen LogP contribution in [0.15, 0.2) is 36.7 Å². The molecule has 1 spiro atoms. The van der Waals surface area contributed by atoms with Gasteiger partial charge in [-0.05, 0) is 38.3 Å². The van der Waals surface area contributed by atoms with E-state index in [9.17, 15) is 0 Å². The first kappa shape index (κ1) is 15.7. The number of hydrogen-bond donors (Lipinski definition) is 1. The standard InChI is InChI=1S/C18H24N4O2/c1-2-23-16-11-15(18(16)9-6-10-24-18)19-12-17-21-20-13-22(17)14-7-4-3-5-8-14/h3-5,7-8,13,15-16,19H,2,6,9-12H2,1H3/t15-,16+,18+/m0/s1. The lowest BCUT2D eigenvalue weighted by Crippen LogP contribution is -2.68. The molecule has 2 aliphatic rings. The summed E-state index contributed by atoms with van der Waals surface area (Å²) in [4.78, 5) is 0. The Balaban J connectivity index is 1.44. The van der Waals surface area contributed by atoms with Crippen LogP contribution in [0.1, 0.15) is 32.0 Å². The molecule has 1 aliphatic heterocycles. The van der Waals surface area contributed by atoms with Gasteiger partial charge in [0.1, 0.15) is 11.9 Å². The van der Waals surface area contributed by atoms with E-state index in [0.29, 0.717) is 12.6 Å². The molecule has 3 atom stereocenters. The van der Waals surface area contributed by atoms with E-state index in [-0.39, 0.29) is 11.7 Å². The average Bonchev–Trinajstić information content (AvgIpc) is 3.29. The van der Waals surface area contributed by atoms with Gasteiger partial charge in [0.05, 0.1) is 12.6 Å². The third kappa shape index (κ3) is 2.64. The molecular formula is C18H24N4O2. The molecule has 128 valence electrons. The Hall–Kier alpha value is -1.76. The normalized spacial score (nSPS) is 29.0. The van der Waals surface area contributed by atoms with Gasteiger partial charge >= 0.3 is 0 Å². The number of para-hydroxylation sites is 1. The van der Waals surface area contributed by atoms with Gasteiger partial charge in [0.25, 0.3) is 0 Å². The molecule has 24 heavy (non-hydrogen) atoms. The second-order valence-corrected chi connectivity index (χ2v) is 6.47. The molecule has 0 radical (unpaired) electrons. The summed E-state index contributed by atoms with van der Waals surface area (Å²) in [5.41, 5.74) is 0.931. The zero-order chi connectivity index (χ0) is 16.4. The summed E-state index contributed by atoms with van der Waals surface area (Å²) in [7, 11) is 0. The van der Waals surface area contributed by atoms with Crippen molar-refractivity contribution in [2.45, 2.75) is 50.5 Å². The number of hydrogen-bond acceptors (Lipinski definition) is 5. The summed E-state index contributed by atoms with van der Waals surface area (Å²) in [6.45, 7) is 4.29. The van der Waals surface area contributed by atoms with Crippen LogP contribution in [0.5, 0.6) is 0 Å². The van der Waals surface area contributed by atoms with Gasteiger partial charge in [0, 0.05) is 24.9 Å². The van der Waals surface area contributed by atoms with Crippen molar-refractivity contribution in [3.63, 3.8) is 0 Å². The molecule has 1 aliphatic carbocycles. The lowest BCUT2D eigenvalue weighted by molar-refractivity contribution is -0.198. The van der Waals surface area contributed by atoms with Crippen LogP contribution < -0.4 is 5.32 Å². The van der Waals surface area contributed by atoms with Crippen molar-refractivity contribution in [1.82, 2.24) is 20.1 Å². The topological polar surface area (TPSA) is 61.2 Å². The second kappa shape index (κ2) is 6.63. The highest BCUT2D eigenvalue weighted by atomic mass is 16.6. The van der Waals surface area contributed by atoms with Crippen molar-refractivity contribution >= 4 is 0 Å². The number of aromatic nitrogens is 3. The molecule has 1 aromatic carbocycles. The monoisotopic (exact) mass is 328 g/mol.